The maximum Gasteiger partial charge on any atom is 0.244 e. The number of carbonyl (C=O) groups is 1. The molecule has 1 amide bonds. The maximum absolute atomic E-state index is 13.5. The van der Waals surface area contributed by atoms with Gasteiger partial charge in [-0.3, -0.25) is 4.79 Å². The molecule has 3 aromatic rings. The first-order valence-electron chi connectivity index (χ1n) is 8.12. The smallest absolute Gasteiger partial charge is 0.244 e. The van der Waals surface area contributed by atoms with E-state index < -0.39 is 17.5 Å². The summed E-state index contributed by atoms with van der Waals surface area (Å²) in [4.78, 5) is 11.8. The van der Waals surface area contributed by atoms with Gasteiger partial charge in [-0.05, 0) is 48.4 Å². The Morgan fingerprint density at radius 1 is 1.08 bits per heavy atom. The summed E-state index contributed by atoms with van der Waals surface area (Å²) in [6.07, 6.45) is 6.48. The van der Waals surface area contributed by atoms with E-state index in [4.69, 9.17) is 0 Å². The van der Waals surface area contributed by atoms with E-state index in [9.17, 15) is 13.6 Å². The summed E-state index contributed by atoms with van der Waals surface area (Å²) in [6, 6.07) is 13.3. The van der Waals surface area contributed by atoms with Crippen LogP contribution in [-0.4, -0.2) is 22.2 Å². The SMILES string of the molecule is O=C(/C=C/c1c(F)cccc1F)NCCc1ccc(-n2cccn2)cc1. The van der Waals surface area contributed by atoms with E-state index in [0.29, 0.717) is 13.0 Å². The van der Waals surface area contributed by atoms with Gasteiger partial charge in [0.2, 0.25) is 5.91 Å². The molecule has 0 unspecified atom stereocenters. The zero-order valence-electron chi connectivity index (χ0n) is 13.9. The molecule has 4 nitrogen and oxygen atoms in total. The van der Waals surface area contributed by atoms with Crippen molar-refractivity contribution in [3.05, 3.63) is 89.8 Å². The molecule has 0 aliphatic carbocycles. The monoisotopic (exact) mass is 353 g/mol. The van der Waals surface area contributed by atoms with Crippen molar-refractivity contribution in [1.29, 1.82) is 0 Å². The molecule has 1 aromatic heterocycles. The fourth-order valence-corrected chi connectivity index (χ4v) is 2.45. The second kappa shape index (κ2) is 8.20. The zero-order chi connectivity index (χ0) is 18.4. The van der Waals surface area contributed by atoms with Crippen LogP contribution in [0.15, 0.2) is 67.0 Å². The molecule has 6 heteroatoms. The predicted molar refractivity (Wildman–Crippen MR) is 95.7 cm³/mol. The topological polar surface area (TPSA) is 46.9 Å². The van der Waals surface area contributed by atoms with E-state index in [-0.39, 0.29) is 5.56 Å². The molecule has 0 fully saturated rings. The molecule has 0 atom stereocenters. The summed E-state index contributed by atoms with van der Waals surface area (Å²) in [5, 5.41) is 6.85. The first-order valence-corrected chi connectivity index (χ1v) is 8.12. The molecule has 0 aliphatic heterocycles. The number of benzene rings is 2. The molecule has 1 N–H and O–H groups in total. The molecular formula is C20H17F2N3O. The Kier molecular flexibility index (Phi) is 5.53. The molecular weight excluding hydrogens is 336 g/mol. The number of nitrogens with one attached hydrogen (secondary N) is 1. The number of carbonyl (C=O) groups excluding carboxylic acids is 1. The van der Waals surface area contributed by atoms with Gasteiger partial charge in [0.25, 0.3) is 0 Å². The number of amides is 1. The molecule has 0 spiro atoms. The van der Waals surface area contributed by atoms with Crippen molar-refractivity contribution < 1.29 is 13.6 Å². The normalized spacial score (nSPS) is 11.0. The summed E-state index contributed by atoms with van der Waals surface area (Å²) in [5.41, 5.74) is 1.79. The second-order valence-corrected chi connectivity index (χ2v) is 5.63. The Labute approximate surface area is 149 Å². The van der Waals surface area contributed by atoms with Crippen LogP contribution in [0, 0.1) is 11.6 Å². The number of halogens is 2. The lowest BCUT2D eigenvalue weighted by molar-refractivity contribution is -0.116. The van der Waals surface area contributed by atoms with Gasteiger partial charge < -0.3 is 5.32 Å². The van der Waals surface area contributed by atoms with Crippen LogP contribution < -0.4 is 5.32 Å². The van der Waals surface area contributed by atoms with Gasteiger partial charge in [-0.15, -0.1) is 0 Å². The lowest BCUT2D eigenvalue weighted by atomic mass is 10.1. The van der Waals surface area contributed by atoms with Gasteiger partial charge in [-0.2, -0.15) is 5.10 Å². The Bertz CT molecular complexity index is 883. The van der Waals surface area contributed by atoms with Crippen LogP contribution in [0.25, 0.3) is 11.8 Å². The van der Waals surface area contributed by atoms with Crippen LogP contribution in [0.2, 0.25) is 0 Å². The van der Waals surface area contributed by atoms with E-state index >= 15 is 0 Å². The summed E-state index contributed by atoms with van der Waals surface area (Å²) < 4.78 is 28.7. The molecule has 0 radical (unpaired) electrons. The van der Waals surface area contributed by atoms with Crippen molar-refractivity contribution in [2.24, 2.45) is 0 Å². The average molecular weight is 353 g/mol. The minimum absolute atomic E-state index is 0.225. The average Bonchev–Trinajstić information content (AvgIpc) is 3.16. The summed E-state index contributed by atoms with van der Waals surface area (Å²) >= 11 is 0. The maximum atomic E-state index is 13.5. The number of rotatable bonds is 6. The highest BCUT2D eigenvalue weighted by atomic mass is 19.1. The van der Waals surface area contributed by atoms with Crippen molar-refractivity contribution in [3.63, 3.8) is 0 Å². The highest BCUT2D eigenvalue weighted by molar-refractivity contribution is 5.91. The van der Waals surface area contributed by atoms with Gasteiger partial charge in [0.1, 0.15) is 11.6 Å². The second-order valence-electron chi connectivity index (χ2n) is 5.63. The van der Waals surface area contributed by atoms with Gasteiger partial charge in [-0.25, -0.2) is 13.5 Å². The highest BCUT2D eigenvalue weighted by Crippen LogP contribution is 2.13. The quantitative estimate of drug-likeness (QED) is 0.689. The Hall–Kier alpha value is -3.28. The van der Waals surface area contributed by atoms with Crippen molar-refractivity contribution in [2.75, 3.05) is 6.54 Å². The van der Waals surface area contributed by atoms with Crippen LogP contribution in [-0.2, 0) is 11.2 Å². The number of nitrogens with zero attached hydrogens (tertiary/aromatic N) is 2. The van der Waals surface area contributed by atoms with Crippen LogP contribution in [0.5, 0.6) is 0 Å². The number of hydrogen-bond donors (Lipinski definition) is 1. The van der Waals surface area contributed by atoms with Gasteiger partial charge in [-0.1, -0.05) is 18.2 Å². The molecule has 3 rings (SSSR count). The Morgan fingerprint density at radius 2 is 1.81 bits per heavy atom. The third-order valence-electron chi connectivity index (χ3n) is 3.82. The molecule has 2 aromatic carbocycles. The zero-order valence-corrected chi connectivity index (χ0v) is 13.9. The molecule has 0 saturated heterocycles. The number of aromatic nitrogens is 2. The van der Waals surface area contributed by atoms with E-state index in [1.54, 1.807) is 10.9 Å². The molecule has 26 heavy (non-hydrogen) atoms. The van der Waals surface area contributed by atoms with Crippen LogP contribution in [0.4, 0.5) is 8.78 Å². The molecule has 0 aliphatic rings. The summed E-state index contributed by atoms with van der Waals surface area (Å²) in [6.45, 7) is 0.421. The highest BCUT2D eigenvalue weighted by Gasteiger charge is 2.05. The lowest BCUT2D eigenvalue weighted by Crippen LogP contribution is -2.23. The Morgan fingerprint density at radius 3 is 2.46 bits per heavy atom. The minimum Gasteiger partial charge on any atom is -0.352 e. The third-order valence-corrected chi connectivity index (χ3v) is 3.82. The lowest BCUT2D eigenvalue weighted by Gasteiger charge is -2.05. The fourth-order valence-electron chi connectivity index (χ4n) is 2.45. The predicted octanol–water partition coefficient (Wildman–Crippen LogP) is 3.52. The van der Waals surface area contributed by atoms with Crippen LogP contribution in [0.3, 0.4) is 0 Å². The van der Waals surface area contributed by atoms with Crippen molar-refractivity contribution in [3.8, 4) is 5.69 Å². The molecule has 0 bridgehead atoms. The molecule has 0 saturated carbocycles. The fraction of sp³-hybridized carbons (Fsp3) is 0.100. The van der Waals surface area contributed by atoms with Crippen LogP contribution >= 0.6 is 0 Å². The van der Waals surface area contributed by atoms with E-state index in [0.717, 1.165) is 35.5 Å². The summed E-state index contributed by atoms with van der Waals surface area (Å²) in [7, 11) is 0. The molecule has 132 valence electrons. The first kappa shape index (κ1) is 17.5. The van der Waals surface area contributed by atoms with E-state index in [1.807, 2.05) is 36.5 Å². The van der Waals surface area contributed by atoms with Crippen LogP contribution in [0.1, 0.15) is 11.1 Å². The van der Waals surface area contributed by atoms with Gasteiger partial charge in [0.05, 0.1) is 5.69 Å². The standard InChI is InChI=1S/C20H17F2N3O/c21-18-3-1-4-19(22)17(18)9-10-20(26)23-13-11-15-5-7-16(8-6-15)25-14-2-12-24-25/h1-10,12,14H,11,13H2,(H,23,26)/b10-9+. The van der Waals surface area contributed by atoms with Crippen molar-refractivity contribution in [2.45, 2.75) is 6.42 Å². The Balaban J connectivity index is 1.50. The van der Waals surface area contributed by atoms with Gasteiger partial charge in [0, 0.05) is 30.6 Å². The van der Waals surface area contributed by atoms with E-state index in [1.165, 1.54) is 6.07 Å². The largest absolute Gasteiger partial charge is 0.352 e. The first-order chi connectivity index (χ1) is 12.6. The van der Waals surface area contributed by atoms with Gasteiger partial charge in [0.15, 0.2) is 0 Å². The van der Waals surface area contributed by atoms with E-state index in [2.05, 4.69) is 10.4 Å². The van der Waals surface area contributed by atoms with Gasteiger partial charge >= 0.3 is 0 Å². The third kappa shape index (κ3) is 4.42. The van der Waals surface area contributed by atoms with Crippen molar-refractivity contribution in [1.82, 2.24) is 15.1 Å². The molecule has 1 heterocycles. The number of hydrogen-bond acceptors (Lipinski definition) is 2. The summed E-state index contributed by atoms with van der Waals surface area (Å²) in [5.74, 6) is -1.81. The minimum atomic E-state index is -0.702. The van der Waals surface area contributed by atoms with Crippen molar-refractivity contribution >= 4 is 12.0 Å².